The van der Waals surface area contributed by atoms with Gasteiger partial charge in [0.1, 0.15) is 5.69 Å². The number of hydrogen-bond donors (Lipinski definition) is 2. The van der Waals surface area contributed by atoms with Crippen molar-refractivity contribution in [3.05, 3.63) is 68.7 Å². The lowest BCUT2D eigenvalue weighted by molar-refractivity contribution is -0.384. The van der Waals surface area contributed by atoms with Crippen molar-refractivity contribution in [1.29, 1.82) is 0 Å². The number of amides is 1. The van der Waals surface area contributed by atoms with Crippen LogP contribution < -0.4 is 10.6 Å². The Morgan fingerprint density at radius 2 is 1.79 bits per heavy atom. The SMILES string of the molecule is O=C(CCNc1ccccc1[N+](=O)[O-])NCCc1ccccc1Br. The maximum absolute atomic E-state index is 11.8. The molecule has 0 saturated carbocycles. The fourth-order valence-electron chi connectivity index (χ4n) is 2.22. The van der Waals surface area contributed by atoms with Gasteiger partial charge in [-0.15, -0.1) is 0 Å². The predicted molar refractivity (Wildman–Crippen MR) is 97.1 cm³/mol. The van der Waals surface area contributed by atoms with Gasteiger partial charge in [-0.3, -0.25) is 14.9 Å². The van der Waals surface area contributed by atoms with Crippen LogP contribution in [0.15, 0.2) is 53.0 Å². The summed E-state index contributed by atoms with van der Waals surface area (Å²) in [5.41, 5.74) is 1.56. The molecule has 0 atom stereocenters. The number of para-hydroxylation sites is 2. The molecule has 0 bridgehead atoms. The lowest BCUT2D eigenvalue weighted by Gasteiger charge is -2.08. The summed E-state index contributed by atoms with van der Waals surface area (Å²) in [7, 11) is 0. The second kappa shape index (κ2) is 9.02. The molecular weight excluding hydrogens is 374 g/mol. The van der Waals surface area contributed by atoms with Gasteiger partial charge >= 0.3 is 0 Å². The molecule has 0 aliphatic rings. The van der Waals surface area contributed by atoms with E-state index >= 15 is 0 Å². The van der Waals surface area contributed by atoms with E-state index in [-0.39, 0.29) is 18.0 Å². The molecule has 2 aromatic carbocycles. The van der Waals surface area contributed by atoms with Gasteiger partial charge in [0.25, 0.3) is 5.69 Å². The van der Waals surface area contributed by atoms with Crippen LogP contribution in [0.4, 0.5) is 11.4 Å². The summed E-state index contributed by atoms with van der Waals surface area (Å²) < 4.78 is 1.03. The Bertz CT molecular complexity index is 722. The van der Waals surface area contributed by atoms with E-state index < -0.39 is 4.92 Å². The summed E-state index contributed by atoms with van der Waals surface area (Å²) >= 11 is 3.47. The van der Waals surface area contributed by atoms with E-state index in [0.29, 0.717) is 18.8 Å². The van der Waals surface area contributed by atoms with Crippen molar-refractivity contribution in [1.82, 2.24) is 5.32 Å². The van der Waals surface area contributed by atoms with E-state index in [4.69, 9.17) is 0 Å². The summed E-state index contributed by atoms with van der Waals surface area (Å²) in [5, 5.41) is 16.7. The van der Waals surface area contributed by atoms with E-state index in [2.05, 4.69) is 26.6 Å². The number of anilines is 1. The molecule has 126 valence electrons. The van der Waals surface area contributed by atoms with Crippen molar-refractivity contribution in [2.75, 3.05) is 18.4 Å². The maximum atomic E-state index is 11.8. The van der Waals surface area contributed by atoms with Gasteiger partial charge in [-0.05, 0) is 24.1 Å². The van der Waals surface area contributed by atoms with Gasteiger partial charge in [0.15, 0.2) is 0 Å². The number of carbonyl (C=O) groups excluding carboxylic acids is 1. The first-order chi connectivity index (χ1) is 11.6. The normalized spacial score (nSPS) is 10.2. The van der Waals surface area contributed by atoms with E-state index in [0.717, 1.165) is 16.5 Å². The summed E-state index contributed by atoms with van der Waals surface area (Å²) in [6.07, 6.45) is 0.993. The summed E-state index contributed by atoms with van der Waals surface area (Å²) in [4.78, 5) is 22.3. The molecule has 0 aliphatic carbocycles. The third kappa shape index (κ3) is 5.34. The van der Waals surface area contributed by atoms with Gasteiger partial charge in [0.2, 0.25) is 5.91 Å². The highest BCUT2D eigenvalue weighted by Gasteiger charge is 2.11. The van der Waals surface area contributed by atoms with Gasteiger partial charge in [-0.1, -0.05) is 46.3 Å². The van der Waals surface area contributed by atoms with Crippen LogP contribution in [0, 0.1) is 10.1 Å². The smallest absolute Gasteiger partial charge is 0.292 e. The minimum absolute atomic E-state index is 0.00633. The van der Waals surface area contributed by atoms with E-state index in [1.165, 1.54) is 6.07 Å². The quantitative estimate of drug-likeness (QED) is 0.532. The zero-order chi connectivity index (χ0) is 17.4. The number of hydrogen-bond acceptors (Lipinski definition) is 4. The van der Waals surface area contributed by atoms with Crippen molar-refractivity contribution in [2.45, 2.75) is 12.8 Å². The van der Waals surface area contributed by atoms with Crippen molar-refractivity contribution in [3.8, 4) is 0 Å². The number of halogens is 1. The molecule has 7 heteroatoms. The highest BCUT2D eigenvalue weighted by Crippen LogP contribution is 2.22. The molecule has 2 rings (SSSR count). The molecule has 0 spiro atoms. The highest BCUT2D eigenvalue weighted by molar-refractivity contribution is 9.10. The largest absolute Gasteiger partial charge is 0.379 e. The Balaban J connectivity index is 1.72. The molecule has 0 aliphatic heterocycles. The lowest BCUT2D eigenvalue weighted by atomic mass is 10.1. The van der Waals surface area contributed by atoms with Gasteiger partial charge in [-0.2, -0.15) is 0 Å². The average Bonchev–Trinajstić information content (AvgIpc) is 2.57. The zero-order valence-corrected chi connectivity index (χ0v) is 14.6. The zero-order valence-electron chi connectivity index (χ0n) is 13.0. The number of nitrogens with one attached hydrogen (secondary N) is 2. The minimum atomic E-state index is -0.444. The van der Waals surface area contributed by atoms with Gasteiger partial charge in [0.05, 0.1) is 4.92 Å². The second-order valence-corrected chi connectivity index (χ2v) is 6.00. The van der Waals surface area contributed by atoms with E-state index in [1.54, 1.807) is 18.2 Å². The van der Waals surface area contributed by atoms with Crippen LogP contribution in [0.25, 0.3) is 0 Å². The fraction of sp³-hybridized carbons (Fsp3) is 0.235. The Kier molecular flexibility index (Phi) is 6.74. The number of rotatable bonds is 8. The van der Waals surface area contributed by atoms with Crippen LogP contribution in [0.2, 0.25) is 0 Å². The molecule has 2 aromatic rings. The number of nitro groups is 1. The molecule has 0 aromatic heterocycles. The van der Waals surface area contributed by atoms with Crippen molar-refractivity contribution in [2.24, 2.45) is 0 Å². The van der Waals surface area contributed by atoms with E-state index in [9.17, 15) is 14.9 Å². The molecular formula is C17H18BrN3O3. The third-order valence-electron chi connectivity index (χ3n) is 3.44. The summed E-state index contributed by atoms with van der Waals surface area (Å²) in [5.74, 6) is -0.0897. The van der Waals surface area contributed by atoms with Crippen LogP contribution in [-0.2, 0) is 11.2 Å². The maximum Gasteiger partial charge on any atom is 0.292 e. The highest BCUT2D eigenvalue weighted by atomic mass is 79.9. The Morgan fingerprint density at radius 1 is 1.08 bits per heavy atom. The van der Waals surface area contributed by atoms with Crippen LogP contribution in [0.5, 0.6) is 0 Å². The molecule has 2 N–H and O–H groups in total. The van der Waals surface area contributed by atoms with Crippen LogP contribution in [-0.4, -0.2) is 23.9 Å². The van der Waals surface area contributed by atoms with Gasteiger partial charge in [-0.25, -0.2) is 0 Å². The van der Waals surface area contributed by atoms with Gasteiger partial charge in [0, 0.05) is 30.0 Å². The third-order valence-corrected chi connectivity index (χ3v) is 4.22. The first-order valence-electron chi connectivity index (χ1n) is 7.55. The van der Waals surface area contributed by atoms with Crippen molar-refractivity contribution >= 4 is 33.2 Å². The second-order valence-electron chi connectivity index (χ2n) is 5.14. The Hall–Kier alpha value is -2.41. The summed E-state index contributed by atoms with van der Waals surface area (Å²) in [6.45, 7) is 0.888. The van der Waals surface area contributed by atoms with Crippen LogP contribution in [0.3, 0.4) is 0 Å². The van der Waals surface area contributed by atoms with E-state index in [1.807, 2.05) is 24.3 Å². The molecule has 0 heterocycles. The first kappa shape index (κ1) is 17.9. The first-order valence-corrected chi connectivity index (χ1v) is 8.34. The number of carbonyl (C=O) groups is 1. The molecule has 1 amide bonds. The topological polar surface area (TPSA) is 84.3 Å². The minimum Gasteiger partial charge on any atom is -0.379 e. The number of nitrogens with zero attached hydrogens (tertiary/aromatic N) is 1. The molecule has 0 radical (unpaired) electrons. The van der Waals surface area contributed by atoms with Crippen molar-refractivity contribution < 1.29 is 9.72 Å². The van der Waals surface area contributed by atoms with Crippen molar-refractivity contribution in [3.63, 3.8) is 0 Å². The van der Waals surface area contributed by atoms with Crippen LogP contribution >= 0.6 is 15.9 Å². The lowest BCUT2D eigenvalue weighted by Crippen LogP contribution is -2.27. The molecule has 0 unspecified atom stereocenters. The number of benzene rings is 2. The monoisotopic (exact) mass is 391 g/mol. The average molecular weight is 392 g/mol. The fourth-order valence-corrected chi connectivity index (χ4v) is 2.70. The predicted octanol–water partition coefficient (Wildman–Crippen LogP) is 3.52. The molecule has 24 heavy (non-hydrogen) atoms. The molecule has 0 saturated heterocycles. The Labute approximate surface area is 148 Å². The molecule has 6 nitrogen and oxygen atoms in total. The van der Waals surface area contributed by atoms with Gasteiger partial charge < -0.3 is 10.6 Å². The standard InChI is InChI=1S/C17H18BrN3O3/c18-14-6-2-1-5-13(14)9-11-20-17(22)10-12-19-15-7-3-4-8-16(15)21(23)24/h1-8,19H,9-12H2,(H,20,22). The summed E-state index contributed by atoms with van der Waals surface area (Å²) in [6, 6.07) is 14.3. The number of nitro benzene ring substituents is 1. The molecule has 0 fully saturated rings. The Morgan fingerprint density at radius 3 is 2.54 bits per heavy atom. The van der Waals surface area contributed by atoms with Crippen LogP contribution in [0.1, 0.15) is 12.0 Å².